The van der Waals surface area contributed by atoms with Gasteiger partial charge in [0.1, 0.15) is 0 Å². The van der Waals surface area contributed by atoms with Crippen molar-refractivity contribution in [3.05, 3.63) is 48.0 Å². The Kier molecular flexibility index (Phi) is 3.05. The van der Waals surface area contributed by atoms with Gasteiger partial charge in [0.15, 0.2) is 0 Å². The van der Waals surface area contributed by atoms with Gasteiger partial charge in [-0.3, -0.25) is 0 Å². The summed E-state index contributed by atoms with van der Waals surface area (Å²) in [6.45, 7) is 0.599. The van der Waals surface area contributed by atoms with Crippen LogP contribution in [0.25, 0.3) is 10.8 Å². The van der Waals surface area contributed by atoms with Gasteiger partial charge < -0.3 is 10.8 Å². The molecule has 3 N–H and O–H groups in total. The number of nitrogens with two attached hydrogens (primary N) is 1. The Morgan fingerprint density at radius 2 is 1.95 bits per heavy atom. The van der Waals surface area contributed by atoms with E-state index in [-0.39, 0.29) is 5.41 Å². The molecule has 0 aliphatic heterocycles. The van der Waals surface area contributed by atoms with Crippen LogP contribution in [0.3, 0.4) is 0 Å². The Bertz CT molecular complexity index is 667. The predicted octanol–water partition coefficient (Wildman–Crippen LogP) is 3.64. The third-order valence-electron chi connectivity index (χ3n) is 6.04. The van der Waals surface area contributed by atoms with Crippen molar-refractivity contribution >= 4 is 10.8 Å². The van der Waals surface area contributed by atoms with Crippen LogP contribution in [-0.4, -0.2) is 11.7 Å². The maximum Gasteiger partial charge on any atom is 0.0861 e. The van der Waals surface area contributed by atoms with Crippen LogP contribution in [0.1, 0.15) is 37.4 Å². The van der Waals surface area contributed by atoms with E-state index in [4.69, 9.17) is 5.73 Å². The summed E-state index contributed by atoms with van der Waals surface area (Å²) in [5.74, 6) is 1.39. The van der Waals surface area contributed by atoms with Crippen LogP contribution in [0.5, 0.6) is 0 Å². The average Bonchev–Trinajstić information content (AvgIpc) is 3.15. The fraction of sp³-hybridized carbons (Fsp3) is 0.474. The van der Waals surface area contributed by atoms with Crippen LogP contribution in [0, 0.1) is 17.3 Å². The van der Waals surface area contributed by atoms with Gasteiger partial charge in [-0.2, -0.15) is 0 Å². The fourth-order valence-corrected chi connectivity index (χ4v) is 4.89. The van der Waals surface area contributed by atoms with Gasteiger partial charge in [0, 0.05) is 12.0 Å². The van der Waals surface area contributed by atoms with Crippen molar-refractivity contribution in [3.8, 4) is 0 Å². The third-order valence-corrected chi connectivity index (χ3v) is 6.04. The minimum absolute atomic E-state index is 0.0919. The van der Waals surface area contributed by atoms with E-state index in [2.05, 4.69) is 42.5 Å². The minimum Gasteiger partial charge on any atom is -0.388 e. The number of benzene rings is 2. The second kappa shape index (κ2) is 4.82. The molecular formula is C19H23NO. The van der Waals surface area contributed by atoms with E-state index in [9.17, 15) is 5.11 Å². The van der Waals surface area contributed by atoms with Gasteiger partial charge in [-0.05, 0) is 53.5 Å². The number of aliphatic hydroxyl groups is 1. The van der Waals surface area contributed by atoms with Crippen LogP contribution in [0.2, 0.25) is 0 Å². The fourth-order valence-electron chi connectivity index (χ4n) is 4.89. The van der Waals surface area contributed by atoms with Crippen LogP contribution in [0.15, 0.2) is 42.5 Å². The lowest BCUT2D eigenvalue weighted by atomic mass is 9.67. The molecular weight excluding hydrogens is 258 g/mol. The van der Waals surface area contributed by atoms with Gasteiger partial charge in [0.2, 0.25) is 0 Å². The van der Waals surface area contributed by atoms with Crippen LogP contribution in [-0.2, 0) is 0 Å². The first-order valence-corrected chi connectivity index (χ1v) is 8.10. The van der Waals surface area contributed by atoms with E-state index in [1.165, 1.54) is 30.0 Å². The Morgan fingerprint density at radius 1 is 1.14 bits per heavy atom. The number of rotatable bonds is 3. The van der Waals surface area contributed by atoms with E-state index in [1.54, 1.807) is 0 Å². The number of fused-ring (bicyclic) bond motifs is 3. The quantitative estimate of drug-likeness (QED) is 0.902. The Hall–Kier alpha value is -1.38. The molecule has 0 heterocycles. The second-order valence-electron chi connectivity index (χ2n) is 7.03. The van der Waals surface area contributed by atoms with Crippen molar-refractivity contribution in [1.82, 2.24) is 0 Å². The van der Waals surface area contributed by atoms with Crippen LogP contribution in [0.4, 0.5) is 0 Å². The highest BCUT2D eigenvalue weighted by Gasteiger charge is 2.54. The number of aliphatic hydroxyl groups excluding tert-OH is 1. The lowest BCUT2D eigenvalue weighted by Crippen LogP contribution is -2.41. The molecule has 0 saturated heterocycles. The molecule has 2 aromatic rings. The van der Waals surface area contributed by atoms with Crippen molar-refractivity contribution in [1.29, 1.82) is 0 Å². The molecule has 110 valence electrons. The van der Waals surface area contributed by atoms with Gasteiger partial charge >= 0.3 is 0 Å². The molecule has 2 aliphatic carbocycles. The number of hydrogen-bond donors (Lipinski definition) is 2. The van der Waals surface area contributed by atoms with Crippen molar-refractivity contribution in [2.24, 2.45) is 23.0 Å². The molecule has 4 rings (SSSR count). The molecule has 0 amide bonds. The van der Waals surface area contributed by atoms with E-state index < -0.39 is 6.10 Å². The molecule has 4 unspecified atom stereocenters. The maximum atomic E-state index is 11.1. The standard InChI is InChI=1S/C19H23NO/c20-12-19(11-13-5-8-17(19)9-13)18(21)16-7-6-14-3-1-2-4-15(14)10-16/h1-4,6-7,10,13,17-18,21H,5,8-9,11-12,20H2. The first kappa shape index (κ1) is 13.3. The zero-order valence-corrected chi connectivity index (χ0v) is 12.3. The molecule has 2 aliphatic rings. The van der Waals surface area contributed by atoms with Crippen molar-refractivity contribution in [3.63, 3.8) is 0 Å². The Morgan fingerprint density at radius 3 is 2.62 bits per heavy atom. The van der Waals surface area contributed by atoms with E-state index in [1.807, 2.05) is 0 Å². The summed E-state index contributed by atoms with van der Waals surface area (Å²) in [6, 6.07) is 14.7. The highest BCUT2D eigenvalue weighted by Crippen LogP contribution is 2.60. The second-order valence-corrected chi connectivity index (χ2v) is 7.03. The van der Waals surface area contributed by atoms with Gasteiger partial charge in [-0.15, -0.1) is 0 Å². The highest BCUT2D eigenvalue weighted by molar-refractivity contribution is 5.83. The van der Waals surface area contributed by atoms with Gasteiger partial charge in [0.05, 0.1) is 6.10 Å². The summed E-state index contributed by atoms with van der Waals surface area (Å²) < 4.78 is 0. The van der Waals surface area contributed by atoms with E-state index in [0.29, 0.717) is 12.5 Å². The largest absolute Gasteiger partial charge is 0.388 e. The summed E-state index contributed by atoms with van der Waals surface area (Å²) in [5, 5.41) is 13.5. The molecule has 0 aromatic heterocycles. The molecule has 0 radical (unpaired) electrons. The zero-order chi connectivity index (χ0) is 14.4. The maximum absolute atomic E-state index is 11.1. The predicted molar refractivity (Wildman–Crippen MR) is 85.8 cm³/mol. The smallest absolute Gasteiger partial charge is 0.0861 e. The molecule has 0 spiro atoms. The molecule has 21 heavy (non-hydrogen) atoms. The van der Waals surface area contributed by atoms with Gasteiger partial charge in [0.25, 0.3) is 0 Å². The van der Waals surface area contributed by atoms with Crippen molar-refractivity contribution in [2.45, 2.75) is 31.8 Å². The van der Waals surface area contributed by atoms with Crippen molar-refractivity contribution in [2.75, 3.05) is 6.54 Å². The Balaban J connectivity index is 1.73. The SMILES string of the molecule is NCC1(C(O)c2ccc3ccccc3c2)CC2CCC1C2. The average molecular weight is 281 g/mol. The lowest BCUT2D eigenvalue weighted by Gasteiger charge is -2.41. The Labute approximate surface area is 126 Å². The normalized spacial score (nSPS) is 32.7. The first-order valence-electron chi connectivity index (χ1n) is 8.10. The molecule has 2 aromatic carbocycles. The van der Waals surface area contributed by atoms with Crippen LogP contribution >= 0.6 is 0 Å². The minimum atomic E-state index is -0.428. The molecule has 2 saturated carbocycles. The van der Waals surface area contributed by atoms with Gasteiger partial charge in [-0.1, -0.05) is 42.8 Å². The molecule has 2 fully saturated rings. The molecule has 2 heteroatoms. The first-order chi connectivity index (χ1) is 10.2. The molecule has 2 nitrogen and oxygen atoms in total. The van der Waals surface area contributed by atoms with Crippen LogP contribution < -0.4 is 5.73 Å². The van der Waals surface area contributed by atoms with E-state index >= 15 is 0 Å². The van der Waals surface area contributed by atoms with E-state index in [0.717, 1.165) is 17.9 Å². The summed E-state index contributed by atoms with van der Waals surface area (Å²) in [4.78, 5) is 0. The number of hydrogen-bond acceptors (Lipinski definition) is 2. The molecule has 4 atom stereocenters. The summed E-state index contributed by atoms with van der Waals surface area (Å²) >= 11 is 0. The third kappa shape index (κ3) is 1.93. The highest BCUT2D eigenvalue weighted by atomic mass is 16.3. The molecule has 2 bridgehead atoms. The summed E-state index contributed by atoms with van der Waals surface area (Å²) in [7, 11) is 0. The summed E-state index contributed by atoms with van der Waals surface area (Å²) in [5.41, 5.74) is 7.09. The van der Waals surface area contributed by atoms with Crippen molar-refractivity contribution < 1.29 is 5.11 Å². The lowest BCUT2D eigenvalue weighted by molar-refractivity contribution is -0.0129. The topological polar surface area (TPSA) is 46.2 Å². The van der Waals surface area contributed by atoms with Gasteiger partial charge in [-0.25, -0.2) is 0 Å². The monoisotopic (exact) mass is 281 g/mol. The zero-order valence-electron chi connectivity index (χ0n) is 12.3. The summed E-state index contributed by atoms with van der Waals surface area (Å²) in [6.07, 6.45) is 4.51.